The molecule has 0 unspecified atom stereocenters. The highest BCUT2D eigenvalue weighted by Crippen LogP contribution is 2.35. The number of carbonyl (C=O) groups is 2. The van der Waals surface area contributed by atoms with Crippen LogP contribution in [-0.2, 0) is 17.8 Å². The van der Waals surface area contributed by atoms with Crippen molar-refractivity contribution >= 4 is 17.6 Å². The second kappa shape index (κ2) is 4.78. The zero-order chi connectivity index (χ0) is 15.1. The van der Waals surface area contributed by atoms with Gasteiger partial charge in [0.15, 0.2) is 0 Å². The van der Waals surface area contributed by atoms with Crippen molar-refractivity contribution in [1.82, 2.24) is 0 Å². The lowest BCUT2D eigenvalue weighted by Gasteiger charge is -2.19. The van der Waals surface area contributed by atoms with Crippen LogP contribution in [0, 0.1) is 0 Å². The van der Waals surface area contributed by atoms with Gasteiger partial charge in [-0.25, -0.2) is 4.79 Å². The number of carbonyl (C=O) groups excluding carboxylic acids is 1. The number of aliphatic hydroxyl groups is 1. The molecule has 108 valence electrons. The van der Waals surface area contributed by atoms with Crippen LogP contribution in [0.3, 0.4) is 0 Å². The summed E-state index contributed by atoms with van der Waals surface area (Å²) in [6, 6.07) is 2.22. The fourth-order valence-corrected chi connectivity index (χ4v) is 2.22. The van der Waals surface area contributed by atoms with E-state index in [1.807, 2.05) is 0 Å². The molecular formula is C12H10F3NO4. The minimum atomic E-state index is -5.03. The number of aromatic carboxylic acids is 1. The quantitative estimate of drug-likeness (QED) is 0.861. The third kappa shape index (κ3) is 2.34. The first-order valence-corrected chi connectivity index (χ1v) is 5.64. The van der Waals surface area contributed by atoms with Crippen LogP contribution in [0.15, 0.2) is 12.1 Å². The average molecular weight is 289 g/mol. The number of aliphatic hydroxyl groups excluding tert-OH is 1. The fourth-order valence-electron chi connectivity index (χ4n) is 2.22. The van der Waals surface area contributed by atoms with E-state index in [0.717, 1.165) is 6.07 Å². The standard InChI is InChI=1S/C12H10F3NO4/c13-12(14,15)11(20)16-2-1-8-7(5-17)3-6(10(18)19)4-9(8)16/h3-4,17H,1-2,5H2,(H,18,19). The second-order valence-electron chi connectivity index (χ2n) is 4.30. The van der Waals surface area contributed by atoms with Crippen LogP contribution in [0.4, 0.5) is 18.9 Å². The molecule has 0 spiro atoms. The number of halogens is 3. The molecule has 1 aromatic carbocycles. The molecule has 1 aliphatic rings. The molecule has 1 aliphatic heterocycles. The summed E-state index contributed by atoms with van der Waals surface area (Å²) in [7, 11) is 0. The van der Waals surface area contributed by atoms with Crippen LogP contribution < -0.4 is 4.90 Å². The number of rotatable bonds is 2. The summed E-state index contributed by atoms with van der Waals surface area (Å²) in [5.41, 5.74) is 0.221. The van der Waals surface area contributed by atoms with E-state index < -0.39 is 24.7 Å². The Hall–Kier alpha value is -2.09. The molecule has 20 heavy (non-hydrogen) atoms. The monoisotopic (exact) mass is 289 g/mol. The first kappa shape index (κ1) is 14.3. The molecule has 0 radical (unpaired) electrons. The van der Waals surface area contributed by atoms with Gasteiger partial charge in [-0.05, 0) is 29.7 Å². The number of hydrogen-bond donors (Lipinski definition) is 2. The van der Waals surface area contributed by atoms with E-state index >= 15 is 0 Å². The van der Waals surface area contributed by atoms with Crippen molar-refractivity contribution < 1.29 is 33.0 Å². The van der Waals surface area contributed by atoms with Crippen molar-refractivity contribution in [2.24, 2.45) is 0 Å². The van der Waals surface area contributed by atoms with Crippen molar-refractivity contribution in [3.8, 4) is 0 Å². The number of amides is 1. The molecule has 1 heterocycles. The number of anilines is 1. The molecule has 8 heteroatoms. The van der Waals surface area contributed by atoms with E-state index in [9.17, 15) is 27.9 Å². The van der Waals surface area contributed by atoms with Crippen molar-refractivity contribution in [3.63, 3.8) is 0 Å². The first-order valence-electron chi connectivity index (χ1n) is 5.64. The Morgan fingerprint density at radius 3 is 2.45 bits per heavy atom. The maximum absolute atomic E-state index is 12.5. The summed E-state index contributed by atoms with van der Waals surface area (Å²) in [6.45, 7) is -0.693. The Balaban J connectivity index is 2.52. The predicted molar refractivity (Wildman–Crippen MR) is 61.4 cm³/mol. The van der Waals surface area contributed by atoms with Gasteiger partial charge in [0, 0.05) is 12.2 Å². The number of fused-ring (bicyclic) bond motifs is 1. The molecule has 0 fully saturated rings. The lowest BCUT2D eigenvalue weighted by molar-refractivity contribution is -0.170. The van der Waals surface area contributed by atoms with Crippen LogP contribution in [0.25, 0.3) is 0 Å². The summed E-state index contributed by atoms with van der Waals surface area (Å²) in [5, 5.41) is 18.1. The SMILES string of the molecule is O=C(O)c1cc(CO)c2c(c1)N(C(=O)C(F)(F)F)CC2. The molecule has 2 N–H and O–H groups in total. The number of hydrogen-bond acceptors (Lipinski definition) is 3. The highest BCUT2D eigenvalue weighted by Gasteiger charge is 2.45. The van der Waals surface area contributed by atoms with Gasteiger partial charge in [-0.2, -0.15) is 13.2 Å². The van der Waals surface area contributed by atoms with Crippen LogP contribution >= 0.6 is 0 Å². The summed E-state index contributed by atoms with van der Waals surface area (Å²) in [6.07, 6.45) is -4.88. The minimum absolute atomic E-state index is 0.101. The molecule has 1 amide bonds. The van der Waals surface area contributed by atoms with Gasteiger partial charge in [-0.3, -0.25) is 4.79 Å². The maximum atomic E-state index is 12.5. The lowest BCUT2D eigenvalue weighted by Crippen LogP contribution is -2.40. The summed E-state index contributed by atoms with van der Waals surface area (Å²) < 4.78 is 37.4. The van der Waals surface area contributed by atoms with Gasteiger partial charge in [-0.1, -0.05) is 0 Å². The van der Waals surface area contributed by atoms with E-state index in [-0.39, 0.29) is 29.8 Å². The Morgan fingerprint density at radius 2 is 1.95 bits per heavy atom. The Kier molecular flexibility index (Phi) is 3.43. The summed E-state index contributed by atoms with van der Waals surface area (Å²) in [4.78, 5) is 22.7. The summed E-state index contributed by atoms with van der Waals surface area (Å²) in [5.74, 6) is -3.38. The van der Waals surface area contributed by atoms with E-state index in [0.29, 0.717) is 10.5 Å². The predicted octanol–water partition coefficient (Wildman–Crippen LogP) is 1.33. The second-order valence-corrected chi connectivity index (χ2v) is 4.30. The topological polar surface area (TPSA) is 77.8 Å². The molecule has 1 aromatic rings. The van der Waals surface area contributed by atoms with E-state index in [1.54, 1.807) is 0 Å². The average Bonchev–Trinajstić information content (AvgIpc) is 2.78. The van der Waals surface area contributed by atoms with Gasteiger partial charge in [0.25, 0.3) is 0 Å². The molecule has 2 rings (SSSR count). The van der Waals surface area contributed by atoms with Gasteiger partial charge in [0.1, 0.15) is 0 Å². The Morgan fingerprint density at radius 1 is 1.30 bits per heavy atom. The zero-order valence-corrected chi connectivity index (χ0v) is 10.1. The molecule has 0 aromatic heterocycles. The van der Waals surface area contributed by atoms with Crippen LogP contribution in [-0.4, -0.2) is 34.8 Å². The smallest absolute Gasteiger partial charge is 0.471 e. The zero-order valence-electron chi connectivity index (χ0n) is 10.1. The van der Waals surface area contributed by atoms with E-state index in [1.165, 1.54) is 6.07 Å². The van der Waals surface area contributed by atoms with Crippen molar-refractivity contribution in [1.29, 1.82) is 0 Å². The van der Waals surface area contributed by atoms with Crippen molar-refractivity contribution in [2.75, 3.05) is 11.4 Å². The molecule has 0 aliphatic carbocycles. The molecule has 0 saturated heterocycles. The van der Waals surface area contributed by atoms with Gasteiger partial charge in [0.05, 0.1) is 12.2 Å². The Labute approximate surface area is 111 Å². The number of benzene rings is 1. The van der Waals surface area contributed by atoms with Gasteiger partial charge in [0.2, 0.25) is 0 Å². The number of alkyl halides is 3. The fraction of sp³-hybridized carbons (Fsp3) is 0.333. The van der Waals surface area contributed by atoms with Crippen LogP contribution in [0.2, 0.25) is 0 Å². The largest absolute Gasteiger partial charge is 0.478 e. The highest BCUT2D eigenvalue weighted by atomic mass is 19.4. The van der Waals surface area contributed by atoms with Crippen LogP contribution in [0.1, 0.15) is 21.5 Å². The third-order valence-corrected chi connectivity index (χ3v) is 3.10. The Bertz CT molecular complexity index is 583. The molecule has 5 nitrogen and oxygen atoms in total. The molecule has 0 atom stereocenters. The number of nitrogens with zero attached hydrogens (tertiary/aromatic N) is 1. The lowest BCUT2D eigenvalue weighted by atomic mass is 10.0. The molecule has 0 saturated carbocycles. The number of carboxylic acids is 1. The highest BCUT2D eigenvalue weighted by molar-refractivity contribution is 6.01. The minimum Gasteiger partial charge on any atom is -0.478 e. The summed E-state index contributed by atoms with van der Waals surface area (Å²) >= 11 is 0. The molecule has 0 bridgehead atoms. The third-order valence-electron chi connectivity index (χ3n) is 3.10. The van der Waals surface area contributed by atoms with Gasteiger partial charge < -0.3 is 15.1 Å². The maximum Gasteiger partial charge on any atom is 0.471 e. The van der Waals surface area contributed by atoms with Gasteiger partial charge in [-0.15, -0.1) is 0 Å². The van der Waals surface area contributed by atoms with Gasteiger partial charge >= 0.3 is 18.1 Å². The normalized spacial score (nSPS) is 14.3. The van der Waals surface area contributed by atoms with Crippen molar-refractivity contribution in [3.05, 3.63) is 28.8 Å². The first-order chi connectivity index (χ1) is 9.25. The molecular weight excluding hydrogens is 279 g/mol. The number of carboxylic acid groups (broad SMARTS) is 1. The van der Waals surface area contributed by atoms with Crippen molar-refractivity contribution in [2.45, 2.75) is 19.2 Å². The van der Waals surface area contributed by atoms with Crippen LogP contribution in [0.5, 0.6) is 0 Å². The van der Waals surface area contributed by atoms with E-state index in [4.69, 9.17) is 5.11 Å². The van der Waals surface area contributed by atoms with E-state index in [2.05, 4.69) is 0 Å².